The summed E-state index contributed by atoms with van der Waals surface area (Å²) in [5, 5.41) is 10.3. The Labute approximate surface area is 205 Å². The van der Waals surface area contributed by atoms with Gasteiger partial charge in [0.05, 0.1) is 25.1 Å². The van der Waals surface area contributed by atoms with E-state index < -0.39 is 0 Å². The highest BCUT2D eigenvalue weighted by atomic mass is 16.5. The van der Waals surface area contributed by atoms with Gasteiger partial charge in [0.2, 0.25) is 5.88 Å². The summed E-state index contributed by atoms with van der Waals surface area (Å²) in [6.07, 6.45) is 3.16. The molecule has 0 aliphatic carbocycles. The molecule has 2 aromatic carbocycles. The topological polar surface area (TPSA) is 107 Å². The van der Waals surface area contributed by atoms with Gasteiger partial charge < -0.3 is 30.2 Å². The second kappa shape index (κ2) is 9.58. The van der Waals surface area contributed by atoms with Gasteiger partial charge in [-0.05, 0) is 70.9 Å². The maximum Gasteiger partial charge on any atom is 0.319 e. The van der Waals surface area contributed by atoms with E-state index in [0.29, 0.717) is 39.7 Å². The molecule has 1 saturated heterocycles. The Bertz CT molecular complexity index is 1190. The molecule has 186 valence electrons. The highest BCUT2D eigenvalue weighted by Gasteiger charge is 2.38. The number of hydrogen-bond donors (Lipinski definition) is 3. The average molecular weight is 480 g/mol. The van der Waals surface area contributed by atoms with Crippen molar-refractivity contribution in [1.29, 1.82) is 0 Å². The van der Waals surface area contributed by atoms with Gasteiger partial charge in [-0.3, -0.25) is 0 Å². The van der Waals surface area contributed by atoms with Crippen LogP contribution in [-0.4, -0.2) is 47.3 Å². The third-order valence-corrected chi connectivity index (χ3v) is 5.96. The van der Waals surface area contributed by atoms with Crippen LogP contribution in [0.1, 0.15) is 40.5 Å². The van der Waals surface area contributed by atoms with E-state index in [1.165, 1.54) is 6.33 Å². The minimum atomic E-state index is -0.222. The van der Waals surface area contributed by atoms with Gasteiger partial charge in [-0.25, -0.2) is 14.8 Å². The molecule has 2 heterocycles. The van der Waals surface area contributed by atoms with Crippen LogP contribution in [0.3, 0.4) is 0 Å². The zero-order chi connectivity index (χ0) is 25.2. The lowest BCUT2D eigenvalue weighted by molar-refractivity contribution is 0.149. The summed E-state index contributed by atoms with van der Waals surface area (Å²) in [7, 11) is 3.15. The predicted molar refractivity (Wildman–Crippen MR) is 136 cm³/mol. The molecule has 3 N–H and O–H groups in total. The van der Waals surface area contributed by atoms with Gasteiger partial charge in [0, 0.05) is 28.9 Å². The third kappa shape index (κ3) is 5.92. The molecule has 35 heavy (non-hydrogen) atoms. The van der Waals surface area contributed by atoms with Crippen LogP contribution >= 0.6 is 0 Å². The summed E-state index contributed by atoms with van der Waals surface area (Å²) in [4.78, 5) is 21.2. The molecule has 1 aliphatic heterocycles. The average Bonchev–Trinajstić information content (AvgIpc) is 2.77. The number of anilines is 1. The smallest absolute Gasteiger partial charge is 0.319 e. The number of urea groups is 1. The molecule has 0 radical (unpaired) electrons. The molecule has 1 fully saturated rings. The van der Waals surface area contributed by atoms with Gasteiger partial charge >= 0.3 is 6.03 Å². The molecule has 0 bridgehead atoms. The monoisotopic (exact) mass is 479 g/mol. The van der Waals surface area contributed by atoms with Crippen molar-refractivity contribution in [3.05, 3.63) is 42.7 Å². The molecule has 2 amide bonds. The maximum atomic E-state index is 12.6. The van der Waals surface area contributed by atoms with Crippen molar-refractivity contribution < 1.29 is 19.0 Å². The number of amides is 2. The summed E-state index contributed by atoms with van der Waals surface area (Å²) >= 11 is 0. The summed E-state index contributed by atoms with van der Waals surface area (Å²) in [5.41, 5.74) is 1.26. The molecule has 1 aromatic heterocycles. The van der Waals surface area contributed by atoms with Crippen molar-refractivity contribution in [2.24, 2.45) is 0 Å². The number of hydrogen-bond acceptors (Lipinski definition) is 7. The number of nitrogens with zero attached hydrogens (tertiary/aromatic N) is 2. The van der Waals surface area contributed by atoms with E-state index >= 15 is 0 Å². The van der Waals surface area contributed by atoms with E-state index in [9.17, 15) is 4.79 Å². The van der Waals surface area contributed by atoms with E-state index in [1.807, 2.05) is 0 Å². The Morgan fingerprint density at radius 2 is 1.60 bits per heavy atom. The van der Waals surface area contributed by atoms with Crippen molar-refractivity contribution in [2.75, 3.05) is 19.5 Å². The van der Waals surface area contributed by atoms with Crippen molar-refractivity contribution in [2.45, 2.75) is 57.7 Å². The fourth-order valence-corrected chi connectivity index (χ4v) is 4.94. The Morgan fingerprint density at radius 3 is 2.23 bits per heavy atom. The number of ether oxygens (including phenoxy) is 3. The largest absolute Gasteiger partial charge is 0.493 e. The second-order valence-electron chi connectivity index (χ2n) is 10.1. The first-order valence-electron chi connectivity index (χ1n) is 11.6. The number of carbonyl (C=O) groups is 1. The SMILES string of the molecule is COc1cc2ncnc(Oc3ccc(NC(=O)NC4CC(C)(C)NC(C)(C)C4)cc3)c2cc1OC. The molecular formula is C26H33N5O4. The minimum Gasteiger partial charge on any atom is -0.493 e. The van der Waals surface area contributed by atoms with Crippen LogP contribution in [0.4, 0.5) is 10.5 Å². The van der Waals surface area contributed by atoms with E-state index in [0.717, 1.165) is 12.8 Å². The Balaban J connectivity index is 1.42. The summed E-state index contributed by atoms with van der Waals surface area (Å²) in [5.74, 6) is 2.11. The molecule has 0 saturated carbocycles. The lowest BCUT2D eigenvalue weighted by atomic mass is 9.80. The number of methoxy groups -OCH3 is 2. The number of carbonyl (C=O) groups excluding carboxylic acids is 1. The van der Waals surface area contributed by atoms with Crippen LogP contribution in [0.15, 0.2) is 42.7 Å². The highest BCUT2D eigenvalue weighted by Crippen LogP contribution is 2.36. The number of piperidine rings is 1. The molecule has 0 spiro atoms. The summed E-state index contributed by atoms with van der Waals surface area (Å²) in [6, 6.07) is 10.6. The number of fused-ring (bicyclic) bond motifs is 1. The standard InChI is InChI=1S/C26H33N5O4/c1-25(2)13-17(14-26(3,4)31-25)30-24(32)29-16-7-9-18(10-8-16)35-23-19-11-21(33-5)22(34-6)12-20(19)27-15-28-23/h7-12,15,17,31H,13-14H2,1-6H3,(H2,29,30,32). The van der Waals surface area contributed by atoms with E-state index in [4.69, 9.17) is 14.2 Å². The quantitative estimate of drug-likeness (QED) is 0.463. The van der Waals surface area contributed by atoms with Crippen molar-refractivity contribution in [3.63, 3.8) is 0 Å². The summed E-state index contributed by atoms with van der Waals surface area (Å²) in [6.45, 7) is 8.64. The highest BCUT2D eigenvalue weighted by molar-refractivity contribution is 5.89. The first-order chi connectivity index (χ1) is 16.6. The molecule has 9 nitrogen and oxygen atoms in total. The summed E-state index contributed by atoms with van der Waals surface area (Å²) < 4.78 is 16.7. The molecule has 0 unspecified atom stereocenters. The van der Waals surface area contributed by atoms with Gasteiger partial charge in [-0.1, -0.05) is 0 Å². The number of rotatable bonds is 6. The molecular weight excluding hydrogens is 446 g/mol. The lowest BCUT2D eigenvalue weighted by Gasteiger charge is -2.46. The molecule has 4 rings (SSSR count). The van der Waals surface area contributed by atoms with Gasteiger partial charge in [0.15, 0.2) is 11.5 Å². The number of aromatic nitrogens is 2. The van der Waals surface area contributed by atoms with Gasteiger partial charge in [-0.2, -0.15) is 0 Å². The molecule has 3 aromatic rings. The van der Waals surface area contributed by atoms with Crippen molar-refractivity contribution >= 4 is 22.6 Å². The third-order valence-electron chi connectivity index (χ3n) is 5.96. The fourth-order valence-electron chi connectivity index (χ4n) is 4.94. The van der Waals surface area contributed by atoms with Gasteiger partial charge in [0.1, 0.15) is 12.1 Å². The van der Waals surface area contributed by atoms with Crippen LogP contribution in [0, 0.1) is 0 Å². The van der Waals surface area contributed by atoms with E-state index in [-0.39, 0.29) is 23.2 Å². The fraction of sp³-hybridized carbons (Fsp3) is 0.423. The molecule has 1 aliphatic rings. The van der Waals surface area contributed by atoms with Crippen LogP contribution in [0.5, 0.6) is 23.1 Å². The number of nitrogens with one attached hydrogen (secondary N) is 3. The van der Waals surface area contributed by atoms with Gasteiger partial charge in [0.25, 0.3) is 0 Å². The van der Waals surface area contributed by atoms with Crippen LogP contribution in [-0.2, 0) is 0 Å². The first-order valence-corrected chi connectivity index (χ1v) is 11.6. The van der Waals surface area contributed by atoms with Gasteiger partial charge in [-0.15, -0.1) is 0 Å². The van der Waals surface area contributed by atoms with Crippen LogP contribution < -0.4 is 30.2 Å². The number of benzene rings is 2. The van der Waals surface area contributed by atoms with Crippen molar-refractivity contribution in [3.8, 4) is 23.1 Å². The zero-order valence-corrected chi connectivity index (χ0v) is 21.1. The van der Waals surface area contributed by atoms with Crippen LogP contribution in [0.25, 0.3) is 10.9 Å². The minimum absolute atomic E-state index is 0.0427. The Hall–Kier alpha value is -3.59. The second-order valence-corrected chi connectivity index (χ2v) is 10.1. The Morgan fingerprint density at radius 1 is 0.971 bits per heavy atom. The van der Waals surface area contributed by atoms with Crippen molar-refractivity contribution in [1.82, 2.24) is 20.6 Å². The molecule has 9 heteroatoms. The molecule has 0 atom stereocenters. The Kier molecular flexibility index (Phi) is 6.71. The first kappa shape index (κ1) is 24.5. The zero-order valence-electron chi connectivity index (χ0n) is 21.1. The predicted octanol–water partition coefficient (Wildman–Crippen LogP) is 4.87. The maximum absolute atomic E-state index is 12.6. The normalized spacial score (nSPS) is 17.0. The van der Waals surface area contributed by atoms with E-state index in [2.05, 4.69) is 53.6 Å². The van der Waals surface area contributed by atoms with Crippen LogP contribution in [0.2, 0.25) is 0 Å². The van der Waals surface area contributed by atoms with E-state index in [1.54, 1.807) is 50.6 Å². The lowest BCUT2D eigenvalue weighted by Crippen LogP contribution is -2.62.